The van der Waals surface area contributed by atoms with Gasteiger partial charge in [0, 0.05) is 30.8 Å². The molecular weight excluding hydrogens is 276 g/mol. The van der Waals surface area contributed by atoms with Crippen molar-refractivity contribution >= 4 is 17.5 Å². The second-order valence-electron chi connectivity index (χ2n) is 6.53. The van der Waals surface area contributed by atoms with Gasteiger partial charge in [-0.2, -0.15) is 0 Å². The largest absolute Gasteiger partial charge is 0.338 e. The van der Waals surface area contributed by atoms with Gasteiger partial charge in [0.1, 0.15) is 0 Å². The molecule has 1 aromatic rings. The maximum absolute atomic E-state index is 12.6. The number of carbonyl (C=O) groups is 2. The van der Waals surface area contributed by atoms with E-state index in [9.17, 15) is 9.59 Å². The van der Waals surface area contributed by atoms with Crippen LogP contribution >= 0.6 is 0 Å². The molecule has 2 rings (SSSR count). The van der Waals surface area contributed by atoms with Crippen LogP contribution in [-0.4, -0.2) is 29.8 Å². The first-order chi connectivity index (χ1) is 10.5. The lowest BCUT2D eigenvalue weighted by molar-refractivity contribution is -0.116. The molecule has 120 valence electrons. The second kappa shape index (κ2) is 7.43. The summed E-state index contributed by atoms with van der Waals surface area (Å²) in [5, 5.41) is 2.84. The minimum absolute atomic E-state index is 0.0141. The predicted molar refractivity (Wildman–Crippen MR) is 88.8 cm³/mol. The summed E-state index contributed by atoms with van der Waals surface area (Å²) in [6, 6.07) is 7.21. The van der Waals surface area contributed by atoms with Gasteiger partial charge in [-0.25, -0.2) is 0 Å². The standard InChI is InChI=1S/C18H26N2O2/c1-4-5-17(21)19-16-8-6-15(7-9-16)18(22)20-11-13(2)10-14(3)12-20/h6-9,13-14H,4-5,10-12H2,1-3H3,(H,19,21)/t13-,14+. The Bertz CT molecular complexity index is 514. The third-order valence-electron chi connectivity index (χ3n) is 4.05. The van der Waals surface area contributed by atoms with Crippen LogP contribution in [0.4, 0.5) is 5.69 Å². The Hall–Kier alpha value is -1.84. The van der Waals surface area contributed by atoms with Gasteiger partial charge >= 0.3 is 0 Å². The van der Waals surface area contributed by atoms with E-state index in [1.165, 1.54) is 6.42 Å². The molecule has 0 radical (unpaired) electrons. The fourth-order valence-corrected chi connectivity index (χ4v) is 3.16. The molecule has 1 aliphatic rings. The molecule has 4 nitrogen and oxygen atoms in total. The number of hydrogen-bond donors (Lipinski definition) is 1. The van der Waals surface area contributed by atoms with Crippen LogP contribution in [0.25, 0.3) is 0 Å². The number of rotatable bonds is 4. The average molecular weight is 302 g/mol. The van der Waals surface area contributed by atoms with Gasteiger partial charge in [0.2, 0.25) is 5.91 Å². The summed E-state index contributed by atoms with van der Waals surface area (Å²) >= 11 is 0. The number of nitrogens with zero attached hydrogens (tertiary/aromatic N) is 1. The van der Waals surface area contributed by atoms with Crippen molar-refractivity contribution in [2.75, 3.05) is 18.4 Å². The van der Waals surface area contributed by atoms with E-state index in [1.807, 2.05) is 11.8 Å². The highest BCUT2D eigenvalue weighted by atomic mass is 16.2. The topological polar surface area (TPSA) is 49.4 Å². The predicted octanol–water partition coefficient (Wildman–Crippen LogP) is 3.54. The summed E-state index contributed by atoms with van der Waals surface area (Å²) in [6.45, 7) is 8.03. The number of carbonyl (C=O) groups excluding carboxylic acids is 2. The van der Waals surface area contributed by atoms with Crippen LogP contribution in [0.5, 0.6) is 0 Å². The van der Waals surface area contributed by atoms with Gasteiger partial charge in [-0.15, -0.1) is 0 Å². The Morgan fingerprint density at radius 1 is 1.14 bits per heavy atom. The summed E-state index contributed by atoms with van der Waals surface area (Å²) in [4.78, 5) is 26.1. The van der Waals surface area contributed by atoms with Crippen molar-refractivity contribution in [3.63, 3.8) is 0 Å². The van der Waals surface area contributed by atoms with Crippen LogP contribution in [0.3, 0.4) is 0 Å². The molecule has 0 saturated carbocycles. The Morgan fingerprint density at radius 3 is 2.27 bits per heavy atom. The molecular formula is C18H26N2O2. The second-order valence-corrected chi connectivity index (χ2v) is 6.53. The minimum Gasteiger partial charge on any atom is -0.338 e. The summed E-state index contributed by atoms with van der Waals surface area (Å²) in [7, 11) is 0. The maximum Gasteiger partial charge on any atom is 0.253 e. The number of nitrogens with one attached hydrogen (secondary N) is 1. The number of hydrogen-bond acceptors (Lipinski definition) is 2. The highest BCUT2D eigenvalue weighted by Crippen LogP contribution is 2.23. The third kappa shape index (κ3) is 4.33. The number of amides is 2. The highest BCUT2D eigenvalue weighted by Gasteiger charge is 2.25. The van der Waals surface area contributed by atoms with Gasteiger partial charge in [-0.3, -0.25) is 9.59 Å². The molecule has 1 heterocycles. The molecule has 1 fully saturated rings. The highest BCUT2D eigenvalue weighted by molar-refractivity contribution is 5.95. The smallest absolute Gasteiger partial charge is 0.253 e. The molecule has 0 aliphatic carbocycles. The lowest BCUT2D eigenvalue weighted by Crippen LogP contribution is -2.42. The van der Waals surface area contributed by atoms with Gasteiger partial charge in [0.25, 0.3) is 5.91 Å². The first-order valence-electron chi connectivity index (χ1n) is 8.18. The normalized spacial score (nSPS) is 21.5. The van der Waals surface area contributed by atoms with E-state index < -0.39 is 0 Å². The lowest BCUT2D eigenvalue weighted by Gasteiger charge is -2.35. The molecule has 0 aromatic heterocycles. The molecule has 4 heteroatoms. The summed E-state index contributed by atoms with van der Waals surface area (Å²) < 4.78 is 0. The molecule has 0 bridgehead atoms. The van der Waals surface area contributed by atoms with Gasteiger partial charge in [0.15, 0.2) is 0 Å². The van der Waals surface area contributed by atoms with Crippen LogP contribution in [0.2, 0.25) is 0 Å². The van der Waals surface area contributed by atoms with Crippen LogP contribution in [-0.2, 0) is 4.79 Å². The SMILES string of the molecule is CCCC(=O)Nc1ccc(C(=O)N2C[C@H](C)C[C@H](C)C2)cc1. The third-order valence-corrected chi connectivity index (χ3v) is 4.05. The van der Waals surface area contributed by atoms with Gasteiger partial charge in [-0.05, 0) is 48.9 Å². The fourth-order valence-electron chi connectivity index (χ4n) is 3.16. The van der Waals surface area contributed by atoms with E-state index in [0.717, 1.165) is 25.2 Å². The van der Waals surface area contributed by atoms with E-state index in [4.69, 9.17) is 0 Å². The summed E-state index contributed by atoms with van der Waals surface area (Å²) in [6.07, 6.45) is 2.53. The molecule has 0 unspecified atom stereocenters. The zero-order valence-electron chi connectivity index (χ0n) is 13.8. The van der Waals surface area contributed by atoms with E-state index in [1.54, 1.807) is 24.3 Å². The van der Waals surface area contributed by atoms with Gasteiger partial charge < -0.3 is 10.2 Å². The summed E-state index contributed by atoms with van der Waals surface area (Å²) in [5.74, 6) is 1.21. The van der Waals surface area contributed by atoms with E-state index in [0.29, 0.717) is 23.8 Å². The van der Waals surface area contributed by atoms with Crippen LogP contribution in [0.1, 0.15) is 50.4 Å². The van der Waals surface area contributed by atoms with Crippen molar-refractivity contribution in [1.29, 1.82) is 0 Å². The zero-order valence-corrected chi connectivity index (χ0v) is 13.8. The number of piperidine rings is 1. The van der Waals surface area contributed by atoms with Crippen molar-refractivity contribution in [1.82, 2.24) is 4.90 Å². The Morgan fingerprint density at radius 2 is 1.73 bits per heavy atom. The summed E-state index contributed by atoms with van der Waals surface area (Å²) in [5.41, 5.74) is 1.44. The quantitative estimate of drug-likeness (QED) is 0.924. The molecule has 1 aromatic carbocycles. The van der Waals surface area contributed by atoms with Crippen LogP contribution in [0, 0.1) is 11.8 Å². The first-order valence-corrected chi connectivity index (χ1v) is 8.18. The lowest BCUT2D eigenvalue weighted by atomic mass is 9.91. The van der Waals surface area contributed by atoms with Crippen molar-refractivity contribution in [3.8, 4) is 0 Å². The van der Waals surface area contributed by atoms with Crippen LogP contribution in [0.15, 0.2) is 24.3 Å². The molecule has 2 amide bonds. The Kier molecular flexibility index (Phi) is 5.58. The van der Waals surface area contributed by atoms with Crippen molar-refractivity contribution < 1.29 is 9.59 Å². The molecule has 2 atom stereocenters. The Balaban J connectivity index is 2.00. The first kappa shape index (κ1) is 16.5. The number of benzene rings is 1. The Labute approximate surface area is 132 Å². The van der Waals surface area contributed by atoms with E-state index in [-0.39, 0.29) is 11.8 Å². The van der Waals surface area contributed by atoms with Crippen LogP contribution < -0.4 is 5.32 Å². The number of anilines is 1. The maximum atomic E-state index is 12.6. The molecule has 22 heavy (non-hydrogen) atoms. The van der Waals surface area contributed by atoms with Crippen molar-refractivity contribution in [2.24, 2.45) is 11.8 Å². The van der Waals surface area contributed by atoms with Gasteiger partial charge in [-0.1, -0.05) is 20.8 Å². The monoisotopic (exact) mass is 302 g/mol. The average Bonchev–Trinajstić information content (AvgIpc) is 2.46. The minimum atomic E-state index is 0.0141. The zero-order chi connectivity index (χ0) is 16.1. The van der Waals surface area contributed by atoms with Crippen molar-refractivity contribution in [3.05, 3.63) is 29.8 Å². The molecule has 1 N–H and O–H groups in total. The van der Waals surface area contributed by atoms with E-state index >= 15 is 0 Å². The van der Waals surface area contributed by atoms with Crippen molar-refractivity contribution in [2.45, 2.75) is 40.0 Å². The molecule has 0 spiro atoms. The van der Waals surface area contributed by atoms with Gasteiger partial charge in [0.05, 0.1) is 0 Å². The van der Waals surface area contributed by atoms with E-state index in [2.05, 4.69) is 19.2 Å². The fraction of sp³-hybridized carbons (Fsp3) is 0.556. The molecule has 1 saturated heterocycles. The number of likely N-dealkylation sites (tertiary alicyclic amines) is 1. The molecule has 1 aliphatic heterocycles.